The number of hydrogen-bond donors (Lipinski definition) is 0. The van der Waals surface area contributed by atoms with Gasteiger partial charge in [0.05, 0.1) is 5.52 Å². The summed E-state index contributed by atoms with van der Waals surface area (Å²) in [6.07, 6.45) is 1.74. The number of benzene rings is 2. The molecule has 0 bridgehead atoms. The van der Waals surface area contributed by atoms with Gasteiger partial charge in [-0.3, -0.25) is 4.98 Å². The Labute approximate surface area is 114 Å². The quantitative estimate of drug-likeness (QED) is 0.672. The van der Waals surface area contributed by atoms with Crippen molar-refractivity contribution in [1.82, 2.24) is 4.98 Å². The number of fused-ring (bicyclic) bond motifs is 2. The number of pyridine rings is 1. The summed E-state index contributed by atoms with van der Waals surface area (Å²) in [5.74, 6) is 1.17. The van der Waals surface area contributed by atoms with Crippen LogP contribution in [0.15, 0.2) is 48.7 Å². The molecule has 1 aromatic heterocycles. The molecule has 0 amide bonds. The van der Waals surface area contributed by atoms with Gasteiger partial charge in [-0.05, 0) is 35.9 Å². The second-order valence-corrected chi connectivity index (χ2v) is 4.60. The van der Waals surface area contributed by atoms with E-state index in [0.29, 0.717) is 16.7 Å². The number of nitrogens with zero attached hydrogens (tertiary/aromatic N) is 1. The SMILES string of the molecule is Fc1cccc2ncc(-c3ccc4c(c3)OCO4)cc12. The van der Waals surface area contributed by atoms with Crippen LogP contribution in [-0.2, 0) is 0 Å². The minimum atomic E-state index is -0.266. The Hall–Kier alpha value is -2.62. The fraction of sp³-hybridized carbons (Fsp3) is 0.0625. The van der Waals surface area contributed by atoms with E-state index in [1.165, 1.54) is 6.07 Å². The Morgan fingerprint density at radius 2 is 1.85 bits per heavy atom. The molecule has 0 saturated carbocycles. The maximum atomic E-state index is 13.8. The molecule has 4 rings (SSSR count). The number of hydrogen-bond acceptors (Lipinski definition) is 3. The van der Waals surface area contributed by atoms with E-state index in [-0.39, 0.29) is 12.6 Å². The maximum Gasteiger partial charge on any atom is 0.231 e. The van der Waals surface area contributed by atoms with Crippen LogP contribution >= 0.6 is 0 Å². The van der Waals surface area contributed by atoms with Crippen molar-refractivity contribution in [2.45, 2.75) is 0 Å². The Bertz CT molecular complexity index is 817. The maximum absolute atomic E-state index is 13.8. The summed E-state index contributed by atoms with van der Waals surface area (Å²) >= 11 is 0. The number of aromatic nitrogens is 1. The van der Waals surface area contributed by atoms with Crippen molar-refractivity contribution in [2.24, 2.45) is 0 Å². The molecule has 4 heteroatoms. The highest BCUT2D eigenvalue weighted by atomic mass is 19.1. The van der Waals surface area contributed by atoms with Gasteiger partial charge in [-0.15, -0.1) is 0 Å². The summed E-state index contributed by atoms with van der Waals surface area (Å²) in [6.45, 7) is 0.239. The fourth-order valence-corrected chi connectivity index (χ4v) is 2.35. The van der Waals surface area contributed by atoms with E-state index in [4.69, 9.17) is 9.47 Å². The number of halogens is 1. The molecule has 3 aromatic rings. The van der Waals surface area contributed by atoms with E-state index in [9.17, 15) is 4.39 Å². The predicted octanol–water partition coefficient (Wildman–Crippen LogP) is 3.77. The van der Waals surface area contributed by atoms with Crippen LogP contribution in [0, 0.1) is 5.82 Å². The van der Waals surface area contributed by atoms with E-state index in [1.54, 1.807) is 24.4 Å². The van der Waals surface area contributed by atoms with E-state index < -0.39 is 0 Å². The minimum absolute atomic E-state index is 0.239. The summed E-state index contributed by atoms with van der Waals surface area (Å²) in [5.41, 5.74) is 2.42. The van der Waals surface area contributed by atoms with Crippen LogP contribution in [0.3, 0.4) is 0 Å². The van der Waals surface area contributed by atoms with Gasteiger partial charge < -0.3 is 9.47 Å². The zero-order valence-electron chi connectivity index (χ0n) is 10.5. The topological polar surface area (TPSA) is 31.4 Å². The first-order valence-corrected chi connectivity index (χ1v) is 6.25. The molecule has 0 N–H and O–H groups in total. The van der Waals surface area contributed by atoms with E-state index >= 15 is 0 Å². The van der Waals surface area contributed by atoms with Gasteiger partial charge >= 0.3 is 0 Å². The molecule has 0 unspecified atom stereocenters. The van der Waals surface area contributed by atoms with Gasteiger partial charge in [0.25, 0.3) is 0 Å². The molecule has 0 radical (unpaired) electrons. The van der Waals surface area contributed by atoms with Gasteiger partial charge in [0, 0.05) is 17.1 Å². The largest absolute Gasteiger partial charge is 0.454 e. The van der Waals surface area contributed by atoms with Crippen LogP contribution in [0.5, 0.6) is 11.5 Å². The van der Waals surface area contributed by atoms with Gasteiger partial charge in [0.1, 0.15) is 5.82 Å². The molecular formula is C16H10FNO2. The second kappa shape index (κ2) is 4.20. The normalized spacial score (nSPS) is 12.8. The summed E-state index contributed by atoms with van der Waals surface area (Å²) < 4.78 is 24.5. The van der Waals surface area contributed by atoms with Crippen LogP contribution in [-0.4, -0.2) is 11.8 Å². The van der Waals surface area contributed by atoms with Crippen molar-refractivity contribution in [3.8, 4) is 22.6 Å². The van der Waals surface area contributed by atoms with Crippen LogP contribution in [0.1, 0.15) is 0 Å². The molecule has 20 heavy (non-hydrogen) atoms. The van der Waals surface area contributed by atoms with E-state index in [0.717, 1.165) is 16.9 Å². The number of rotatable bonds is 1. The predicted molar refractivity (Wildman–Crippen MR) is 73.3 cm³/mol. The van der Waals surface area contributed by atoms with Crippen LogP contribution < -0.4 is 9.47 Å². The standard InChI is InChI=1S/C16H10FNO2/c17-13-2-1-3-14-12(13)6-11(8-18-14)10-4-5-15-16(7-10)20-9-19-15/h1-8H,9H2. The Morgan fingerprint density at radius 1 is 0.950 bits per heavy atom. The summed E-state index contributed by atoms with van der Waals surface area (Å²) in [7, 11) is 0. The van der Waals surface area contributed by atoms with Gasteiger partial charge in [-0.1, -0.05) is 12.1 Å². The molecule has 1 aliphatic rings. The molecule has 1 aliphatic heterocycles. The molecule has 3 nitrogen and oxygen atoms in total. The number of ether oxygens (including phenoxy) is 2. The van der Waals surface area contributed by atoms with Crippen molar-refractivity contribution in [2.75, 3.05) is 6.79 Å². The van der Waals surface area contributed by atoms with Gasteiger partial charge in [0.15, 0.2) is 11.5 Å². The summed E-state index contributed by atoms with van der Waals surface area (Å²) in [4.78, 5) is 4.30. The molecule has 98 valence electrons. The lowest BCUT2D eigenvalue weighted by Crippen LogP contribution is -1.92. The van der Waals surface area contributed by atoms with Gasteiger partial charge in [-0.25, -0.2) is 4.39 Å². The molecule has 0 fully saturated rings. The van der Waals surface area contributed by atoms with Crippen molar-refractivity contribution in [3.63, 3.8) is 0 Å². The van der Waals surface area contributed by atoms with E-state index in [2.05, 4.69) is 4.98 Å². The molecule has 0 spiro atoms. The third kappa shape index (κ3) is 1.69. The third-order valence-electron chi connectivity index (χ3n) is 3.38. The molecule has 0 saturated heterocycles. The van der Waals surface area contributed by atoms with Crippen LogP contribution in [0.4, 0.5) is 4.39 Å². The smallest absolute Gasteiger partial charge is 0.231 e. The summed E-state index contributed by atoms with van der Waals surface area (Å²) in [6, 6.07) is 12.3. The molecule has 2 heterocycles. The first-order valence-electron chi connectivity index (χ1n) is 6.25. The average Bonchev–Trinajstić information content (AvgIpc) is 2.95. The highest BCUT2D eigenvalue weighted by Crippen LogP contribution is 2.36. The Balaban J connectivity index is 1.88. The van der Waals surface area contributed by atoms with Crippen LogP contribution in [0.25, 0.3) is 22.0 Å². The molecular weight excluding hydrogens is 257 g/mol. The lowest BCUT2D eigenvalue weighted by atomic mass is 10.0. The average molecular weight is 267 g/mol. The van der Waals surface area contributed by atoms with Crippen molar-refractivity contribution in [1.29, 1.82) is 0 Å². The highest BCUT2D eigenvalue weighted by Gasteiger charge is 2.14. The molecule has 0 atom stereocenters. The van der Waals surface area contributed by atoms with Crippen molar-refractivity contribution >= 4 is 10.9 Å². The highest BCUT2D eigenvalue weighted by molar-refractivity contribution is 5.84. The first-order chi connectivity index (χ1) is 9.81. The van der Waals surface area contributed by atoms with Gasteiger partial charge in [-0.2, -0.15) is 0 Å². The zero-order chi connectivity index (χ0) is 13.5. The van der Waals surface area contributed by atoms with Crippen molar-refractivity contribution < 1.29 is 13.9 Å². The monoisotopic (exact) mass is 267 g/mol. The minimum Gasteiger partial charge on any atom is -0.454 e. The lowest BCUT2D eigenvalue weighted by molar-refractivity contribution is 0.174. The summed E-state index contributed by atoms with van der Waals surface area (Å²) in [5, 5.41) is 0.516. The van der Waals surface area contributed by atoms with Crippen LogP contribution in [0.2, 0.25) is 0 Å². The molecule has 2 aromatic carbocycles. The first kappa shape index (κ1) is 11.2. The Kier molecular flexibility index (Phi) is 2.36. The van der Waals surface area contributed by atoms with E-state index in [1.807, 2.05) is 18.2 Å². The third-order valence-corrected chi connectivity index (χ3v) is 3.38. The fourth-order valence-electron chi connectivity index (χ4n) is 2.35. The Morgan fingerprint density at radius 3 is 2.80 bits per heavy atom. The molecule has 0 aliphatic carbocycles. The van der Waals surface area contributed by atoms with Crippen molar-refractivity contribution in [3.05, 3.63) is 54.5 Å². The zero-order valence-corrected chi connectivity index (χ0v) is 10.5. The second-order valence-electron chi connectivity index (χ2n) is 4.60. The lowest BCUT2D eigenvalue weighted by Gasteiger charge is -2.05. The van der Waals surface area contributed by atoms with Gasteiger partial charge in [0.2, 0.25) is 6.79 Å².